The number of nitrogens with zero attached hydrogens (tertiary/aromatic N) is 1. The van der Waals surface area contributed by atoms with E-state index in [0.29, 0.717) is 5.71 Å². The van der Waals surface area contributed by atoms with E-state index in [1.54, 1.807) is 0 Å². The van der Waals surface area contributed by atoms with Gasteiger partial charge in [-0.1, -0.05) is 91.0 Å². The third-order valence-corrected chi connectivity index (χ3v) is 10.0. The van der Waals surface area contributed by atoms with Crippen LogP contribution < -0.4 is 5.43 Å². The number of benzene rings is 7. The maximum absolute atomic E-state index is 9.14. The number of nitrogens with one attached hydrogen (secondary N) is 2. The highest BCUT2D eigenvalue weighted by atomic mass is 16.3. The van der Waals surface area contributed by atoms with E-state index in [1.165, 1.54) is 0 Å². The molecule has 0 atom stereocenters. The Morgan fingerprint density at radius 1 is 0.458 bits per heavy atom. The summed E-state index contributed by atoms with van der Waals surface area (Å²) in [5.41, 5.74) is 12.4. The van der Waals surface area contributed by atoms with Crippen LogP contribution in [0.25, 0.3) is 87.2 Å². The summed E-state index contributed by atoms with van der Waals surface area (Å²) in [5.74, 6) is 0. The Bertz CT molecular complexity index is 3110. The van der Waals surface area contributed by atoms with Gasteiger partial charge >= 0.3 is 0 Å². The average molecular weight is 616 g/mol. The molecule has 0 unspecified atom stereocenters. The molecule has 5 heteroatoms. The van der Waals surface area contributed by atoms with Crippen molar-refractivity contribution < 1.29 is 8.83 Å². The van der Waals surface area contributed by atoms with Crippen LogP contribution in [0.4, 0.5) is 5.69 Å². The van der Waals surface area contributed by atoms with E-state index >= 15 is 0 Å². The third kappa shape index (κ3) is 3.32. The van der Waals surface area contributed by atoms with Crippen molar-refractivity contribution >= 4 is 98.6 Å². The number of hydrogen-bond donors (Lipinski definition) is 2. The fourth-order valence-electron chi connectivity index (χ4n) is 7.92. The predicted molar refractivity (Wildman–Crippen MR) is 198 cm³/mol. The number of aromatic nitrogens is 1. The summed E-state index contributed by atoms with van der Waals surface area (Å²) in [5, 5.41) is 20.4. The van der Waals surface area contributed by atoms with Gasteiger partial charge in [-0.05, 0) is 70.1 Å². The summed E-state index contributed by atoms with van der Waals surface area (Å²) in [6.07, 6.45) is 0. The van der Waals surface area contributed by atoms with Gasteiger partial charge in [-0.3, -0.25) is 15.5 Å². The van der Waals surface area contributed by atoms with Crippen molar-refractivity contribution in [3.8, 4) is 0 Å². The van der Waals surface area contributed by atoms with E-state index in [4.69, 9.17) is 14.2 Å². The summed E-state index contributed by atoms with van der Waals surface area (Å²) in [6, 6.07) is 47.9. The Hall–Kier alpha value is -6.59. The monoisotopic (exact) mass is 615 g/mol. The van der Waals surface area contributed by atoms with Gasteiger partial charge in [0, 0.05) is 43.4 Å². The molecule has 0 amide bonds. The van der Waals surface area contributed by atoms with Crippen LogP contribution in [0.1, 0.15) is 11.1 Å². The molecular weight excluding hydrogens is 590 g/mol. The molecule has 11 rings (SSSR count). The Labute approximate surface area is 273 Å². The van der Waals surface area contributed by atoms with E-state index in [0.717, 1.165) is 104 Å². The number of fused-ring (bicyclic) bond motifs is 6. The Morgan fingerprint density at radius 2 is 1.12 bits per heavy atom. The zero-order valence-electron chi connectivity index (χ0n) is 25.5. The first kappa shape index (κ1) is 25.6. The fourth-order valence-corrected chi connectivity index (χ4v) is 7.92. The largest absolute Gasteiger partial charge is 0.456 e. The van der Waals surface area contributed by atoms with E-state index in [9.17, 15) is 0 Å². The molecule has 0 aliphatic rings. The molecule has 2 N–H and O–H groups in total. The number of anilines is 1. The van der Waals surface area contributed by atoms with Crippen molar-refractivity contribution in [3.05, 3.63) is 151 Å². The summed E-state index contributed by atoms with van der Waals surface area (Å²) >= 11 is 0. The van der Waals surface area contributed by atoms with E-state index < -0.39 is 0 Å². The van der Waals surface area contributed by atoms with E-state index in [2.05, 4.69) is 82.9 Å². The lowest BCUT2D eigenvalue weighted by Crippen LogP contribution is -2.13. The molecule has 0 saturated heterocycles. The van der Waals surface area contributed by atoms with Crippen molar-refractivity contribution in [2.45, 2.75) is 0 Å². The smallest absolute Gasteiger partial charge is 0.136 e. The quantitative estimate of drug-likeness (QED) is 0.194. The molecule has 0 fully saturated rings. The minimum absolute atomic E-state index is 0.469. The molecule has 0 aliphatic carbocycles. The molecule has 48 heavy (non-hydrogen) atoms. The van der Waals surface area contributed by atoms with Crippen LogP contribution in [0, 0.1) is 5.41 Å². The fraction of sp³-hybridized carbons (Fsp3) is 0. The van der Waals surface area contributed by atoms with Crippen LogP contribution in [-0.4, -0.2) is 10.4 Å². The summed E-state index contributed by atoms with van der Waals surface area (Å²) in [4.78, 5) is 0. The van der Waals surface area contributed by atoms with Gasteiger partial charge in [-0.25, -0.2) is 0 Å². The average Bonchev–Trinajstić information content (AvgIpc) is 3.80. The van der Waals surface area contributed by atoms with Gasteiger partial charge in [-0.15, -0.1) is 0 Å². The SMILES string of the molecule is N=C(c1ccccc1)c1ccccc1Nn1c2cccc3c4cc5c(cc4c4cccc6oc7ccc1c(c7c64)c32)oc1ccccc15. The van der Waals surface area contributed by atoms with Gasteiger partial charge in [0.05, 0.1) is 22.4 Å². The van der Waals surface area contributed by atoms with Crippen LogP contribution in [-0.2, 0) is 0 Å². The van der Waals surface area contributed by atoms with Gasteiger partial charge in [0.1, 0.15) is 22.3 Å². The normalized spacial score (nSPS) is 12.2. The van der Waals surface area contributed by atoms with Crippen LogP contribution in [0.2, 0.25) is 0 Å². The Balaban J connectivity index is 1.30. The van der Waals surface area contributed by atoms with Crippen LogP contribution >= 0.6 is 0 Å². The first-order valence-corrected chi connectivity index (χ1v) is 16.1. The second kappa shape index (κ2) is 9.24. The molecule has 3 heterocycles. The summed E-state index contributed by atoms with van der Waals surface area (Å²) in [7, 11) is 0. The van der Waals surface area contributed by atoms with Crippen molar-refractivity contribution in [2.24, 2.45) is 0 Å². The Kier molecular flexibility index (Phi) is 4.93. The van der Waals surface area contributed by atoms with Crippen molar-refractivity contribution in [1.82, 2.24) is 4.68 Å². The van der Waals surface area contributed by atoms with Crippen LogP contribution in [0.5, 0.6) is 0 Å². The molecule has 8 aromatic carbocycles. The van der Waals surface area contributed by atoms with E-state index in [1.807, 2.05) is 66.7 Å². The molecule has 224 valence electrons. The first-order valence-electron chi connectivity index (χ1n) is 16.1. The van der Waals surface area contributed by atoms with Crippen LogP contribution in [0.3, 0.4) is 0 Å². The second-order valence-corrected chi connectivity index (χ2v) is 12.5. The minimum Gasteiger partial charge on any atom is -0.456 e. The molecule has 11 aromatic rings. The predicted octanol–water partition coefficient (Wildman–Crippen LogP) is 11.6. The summed E-state index contributed by atoms with van der Waals surface area (Å²) in [6.45, 7) is 0. The van der Waals surface area contributed by atoms with Crippen LogP contribution in [0.15, 0.2) is 148 Å². The summed E-state index contributed by atoms with van der Waals surface area (Å²) < 4.78 is 15.2. The van der Waals surface area contributed by atoms with E-state index in [-0.39, 0.29) is 0 Å². The molecule has 5 nitrogen and oxygen atoms in total. The molecule has 0 spiro atoms. The van der Waals surface area contributed by atoms with Gasteiger partial charge in [-0.2, -0.15) is 0 Å². The number of rotatable bonds is 4. The lowest BCUT2D eigenvalue weighted by Gasteiger charge is -2.16. The maximum atomic E-state index is 9.14. The van der Waals surface area contributed by atoms with Gasteiger partial charge in [0.2, 0.25) is 0 Å². The zero-order valence-corrected chi connectivity index (χ0v) is 25.5. The Morgan fingerprint density at radius 3 is 2.04 bits per heavy atom. The molecule has 3 aromatic heterocycles. The first-order chi connectivity index (χ1) is 23.7. The van der Waals surface area contributed by atoms with Crippen molar-refractivity contribution in [3.63, 3.8) is 0 Å². The second-order valence-electron chi connectivity index (χ2n) is 12.5. The highest BCUT2D eigenvalue weighted by molar-refractivity contribution is 6.38. The molecule has 0 bridgehead atoms. The van der Waals surface area contributed by atoms with Gasteiger partial charge in [0.25, 0.3) is 0 Å². The number of para-hydroxylation sites is 2. The third-order valence-electron chi connectivity index (χ3n) is 10.0. The highest BCUT2D eigenvalue weighted by Gasteiger charge is 2.23. The topological polar surface area (TPSA) is 67.1 Å². The number of hydrogen-bond acceptors (Lipinski definition) is 4. The molecule has 0 saturated carbocycles. The van der Waals surface area contributed by atoms with Gasteiger partial charge in [0.15, 0.2) is 0 Å². The van der Waals surface area contributed by atoms with Crippen molar-refractivity contribution in [1.29, 1.82) is 5.41 Å². The van der Waals surface area contributed by atoms with Crippen molar-refractivity contribution in [2.75, 3.05) is 5.43 Å². The van der Waals surface area contributed by atoms with Gasteiger partial charge < -0.3 is 8.83 Å². The zero-order chi connectivity index (χ0) is 31.5. The number of furan rings is 2. The lowest BCUT2D eigenvalue weighted by atomic mass is 9.93. The maximum Gasteiger partial charge on any atom is 0.136 e. The lowest BCUT2D eigenvalue weighted by molar-refractivity contribution is 0.669. The molecule has 0 radical (unpaired) electrons. The molecular formula is C43H25N3O2. The molecule has 0 aliphatic heterocycles. The minimum atomic E-state index is 0.469. The highest BCUT2D eigenvalue weighted by Crippen LogP contribution is 2.47. The standard InChI is InChI=1S/C43H25N3O2/c44-43(24-10-2-1-3-11-24)28-13-4-6-16-32(28)45-46-33-17-8-14-26-29-22-31-25-12-5-7-18-35(25)47-38(31)23-30(29)27-15-9-19-36-40(27)42-37(48-36)21-20-34(46)41(42)39(26)33/h1-23,44-45H.